The smallest absolute Gasteiger partial charge is 0.237 e. The molecule has 2 unspecified atom stereocenters. The van der Waals surface area contributed by atoms with E-state index < -0.39 is 6.10 Å². The topological polar surface area (TPSA) is 70.6 Å². The summed E-state index contributed by atoms with van der Waals surface area (Å²) in [5.74, 6) is 0.792. The lowest BCUT2D eigenvalue weighted by molar-refractivity contribution is -0.122. The Morgan fingerprint density at radius 1 is 1.12 bits per heavy atom. The fourth-order valence-electron chi connectivity index (χ4n) is 2.86. The Morgan fingerprint density at radius 3 is 2.50 bits per heavy atom. The van der Waals surface area contributed by atoms with E-state index in [-0.39, 0.29) is 24.4 Å². The van der Waals surface area contributed by atoms with Crippen molar-refractivity contribution in [3.8, 4) is 5.75 Å². The Hall–Kier alpha value is -2.08. The van der Waals surface area contributed by atoms with Crippen molar-refractivity contribution >= 4 is 18.3 Å². The van der Waals surface area contributed by atoms with Crippen LogP contribution in [0.3, 0.4) is 0 Å². The predicted octanol–water partition coefficient (Wildman–Crippen LogP) is 2.07. The summed E-state index contributed by atoms with van der Waals surface area (Å²) in [6, 6.07) is 17.7. The van der Waals surface area contributed by atoms with Gasteiger partial charge < -0.3 is 20.5 Å². The quantitative estimate of drug-likeness (QED) is 0.692. The van der Waals surface area contributed by atoms with Crippen molar-refractivity contribution in [1.29, 1.82) is 0 Å². The molecule has 0 spiro atoms. The number of aliphatic hydroxyl groups is 1. The van der Waals surface area contributed by atoms with Gasteiger partial charge in [-0.15, -0.1) is 12.4 Å². The molecule has 2 atom stereocenters. The lowest BCUT2D eigenvalue weighted by atomic mass is 10.1. The molecule has 2 aromatic carbocycles. The number of carbonyl (C=O) groups is 1. The van der Waals surface area contributed by atoms with E-state index in [1.807, 2.05) is 54.6 Å². The number of hydrogen-bond donors (Lipinski definition) is 3. The second-order valence-corrected chi connectivity index (χ2v) is 6.31. The first-order chi connectivity index (χ1) is 12.2. The predicted molar refractivity (Wildman–Crippen MR) is 104 cm³/mol. The normalized spacial score (nSPS) is 18.8. The van der Waals surface area contributed by atoms with Crippen molar-refractivity contribution in [3.63, 3.8) is 0 Å². The van der Waals surface area contributed by atoms with Gasteiger partial charge in [-0.3, -0.25) is 4.79 Å². The zero-order valence-corrected chi connectivity index (χ0v) is 15.4. The standard InChI is InChI=1S/C20H24N2O3.ClH/c23-17-12-19(22-13-17)20(24)21-11-10-15-6-8-18(9-7-15)25-14-16-4-2-1-3-5-16;/h1-9,17,19,22-23H,10-14H2,(H,21,24);1H. The van der Waals surface area contributed by atoms with Gasteiger partial charge in [0.25, 0.3) is 0 Å². The number of carbonyl (C=O) groups excluding carboxylic acids is 1. The molecule has 2 aromatic rings. The van der Waals surface area contributed by atoms with Gasteiger partial charge in [-0.25, -0.2) is 0 Å². The summed E-state index contributed by atoms with van der Waals surface area (Å²) in [6.07, 6.45) is 0.832. The zero-order chi connectivity index (χ0) is 17.5. The minimum atomic E-state index is -0.417. The van der Waals surface area contributed by atoms with Crippen LogP contribution >= 0.6 is 12.4 Å². The lowest BCUT2D eigenvalue weighted by Gasteiger charge is -2.11. The van der Waals surface area contributed by atoms with Crippen molar-refractivity contribution in [2.45, 2.75) is 31.6 Å². The van der Waals surface area contributed by atoms with E-state index in [2.05, 4.69) is 10.6 Å². The molecule has 3 rings (SSSR count). The van der Waals surface area contributed by atoms with Crippen molar-refractivity contribution < 1.29 is 14.6 Å². The van der Waals surface area contributed by atoms with E-state index in [4.69, 9.17) is 4.74 Å². The molecule has 1 amide bonds. The molecule has 0 radical (unpaired) electrons. The maximum Gasteiger partial charge on any atom is 0.237 e. The third-order valence-electron chi connectivity index (χ3n) is 4.31. The molecule has 0 aliphatic carbocycles. The van der Waals surface area contributed by atoms with Crippen LogP contribution in [-0.4, -0.2) is 36.2 Å². The van der Waals surface area contributed by atoms with Crippen LogP contribution < -0.4 is 15.4 Å². The third-order valence-corrected chi connectivity index (χ3v) is 4.31. The van der Waals surface area contributed by atoms with Crippen molar-refractivity contribution in [1.82, 2.24) is 10.6 Å². The number of β-amino-alcohol motifs (C(OH)–C–C–N with tert-alkyl or cyclic N) is 1. The molecule has 1 aliphatic rings. The minimum Gasteiger partial charge on any atom is -0.489 e. The first-order valence-corrected chi connectivity index (χ1v) is 8.65. The molecular weight excluding hydrogens is 352 g/mol. The van der Waals surface area contributed by atoms with E-state index in [9.17, 15) is 9.90 Å². The maximum atomic E-state index is 12.0. The summed E-state index contributed by atoms with van der Waals surface area (Å²) >= 11 is 0. The highest BCUT2D eigenvalue weighted by Crippen LogP contribution is 2.14. The molecule has 5 nitrogen and oxygen atoms in total. The van der Waals surface area contributed by atoms with Gasteiger partial charge in [-0.1, -0.05) is 42.5 Å². The van der Waals surface area contributed by atoms with Crippen LogP contribution in [0, 0.1) is 0 Å². The second-order valence-electron chi connectivity index (χ2n) is 6.31. The molecule has 26 heavy (non-hydrogen) atoms. The maximum absolute atomic E-state index is 12.0. The summed E-state index contributed by atoms with van der Waals surface area (Å²) in [5, 5.41) is 15.4. The van der Waals surface area contributed by atoms with Crippen LogP contribution in [0.5, 0.6) is 5.75 Å². The monoisotopic (exact) mass is 376 g/mol. The highest BCUT2D eigenvalue weighted by atomic mass is 35.5. The largest absolute Gasteiger partial charge is 0.489 e. The zero-order valence-electron chi connectivity index (χ0n) is 14.6. The fourth-order valence-corrected chi connectivity index (χ4v) is 2.86. The highest BCUT2D eigenvalue weighted by Gasteiger charge is 2.27. The van der Waals surface area contributed by atoms with Gasteiger partial charge in [0.1, 0.15) is 12.4 Å². The first-order valence-electron chi connectivity index (χ1n) is 8.65. The van der Waals surface area contributed by atoms with E-state index in [1.54, 1.807) is 0 Å². The molecule has 1 fully saturated rings. The molecule has 140 valence electrons. The number of hydrogen-bond acceptors (Lipinski definition) is 4. The summed E-state index contributed by atoms with van der Waals surface area (Å²) < 4.78 is 5.77. The lowest BCUT2D eigenvalue weighted by Crippen LogP contribution is -2.41. The van der Waals surface area contributed by atoms with Crippen molar-refractivity contribution in [2.75, 3.05) is 13.1 Å². The van der Waals surface area contributed by atoms with Gasteiger partial charge in [0.2, 0.25) is 5.91 Å². The van der Waals surface area contributed by atoms with Gasteiger partial charge in [0, 0.05) is 13.1 Å². The van der Waals surface area contributed by atoms with Gasteiger partial charge in [-0.05, 0) is 36.1 Å². The molecule has 1 aliphatic heterocycles. The summed E-state index contributed by atoms with van der Waals surface area (Å²) in [5.41, 5.74) is 2.28. The number of halogens is 1. The number of nitrogens with one attached hydrogen (secondary N) is 2. The SMILES string of the molecule is Cl.O=C(NCCc1ccc(OCc2ccccc2)cc1)C1CC(O)CN1. The first kappa shape index (κ1) is 20.2. The van der Waals surface area contributed by atoms with Gasteiger partial charge >= 0.3 is 0 Å². The molecule has 0 aromatic heterocycles. The number of rotatable bonds is 7. The molecule has 3 N–H and O–H groups in total. The Kier molecular flexibility index (Phi) is 7.91. The summed E-state index contributed by atoms with van der Waals surface area (Å²) in [4.78, 5) is 12.0. The number of ether oxygens (including phenoxy) is 1. The van der Waals surface area contributed by atoms with Crippen molar-refractivity contribution in [2.24, 2.45) is 0 Å². The average Bonchev–Trinajstić information content (AvgIpc) is 3.08. The van der Waals surface area contributed by atoms with E-state index in [1.165, 1.54) is 0 Å². The van der Waals surface area contributed by atoms with Gasteiger partial charge in [0.15, 0.2) is 0 Å². The van der Waals surface area contributed by atoms with Crippen LogP contribution in [0.15, 0.2) is 54.6 Å². The highest BCUT2D eigenvalue weighted by molar-refractivity contribution is 5.85. The second kappa shape index (κ2) is 10.2. The number of benzene rings is 2. The van der Waals surface area contributed by atoms with Crippen LogP contribution in [0.2, 0.25) is 0 Å². The summed E-state index contributed by atoms with van der Waals surface area (Å²) in [7, 11) is 0. The molecule has 0 saturated carbocycles. The number of amides is 1. The average molecular weight is 377 g/mol. The Balaban J connectivity index is 0.00000243. The molecule has 6 heteroatoms. The van der Waals surface area contributed by atoms with Gasteiger partial charge in [0.05, 0.1) is 12.1 Å². The molecule has 1 saturated heterocycles. The van der Waals surface area contributed by atoms with Crippen LogP contribution in [0.1, 0.15) is 17.5 Å². The minimum absolute atomic E-state index is 0. The Morgan fingerprint density at radius 2 is 1.85 bits per heavy atom. The van der Waals surface area contributed by atoms with Crippen LogP contribution in [0.4, 0.5) is 0 Å². The van der Waals surface area contributed by atoms with Crippen LogP contribution in [-0.2, 0) is 17.8 Å². The van der Waals surface area contributed by atoms with Crippen molar-refractivity contribution in [3.05, 3.63) is 65.7 Å². The molecular formula is C20H25ClN2O3. The van der Waals surface area contributed by atoms with Crippen LogP contribution in [0.25, 0.3) is 0 Å². The van der Waals surface area contributed by atoms with Gasteiger partial charge in [-0.2, -0.15) is 0 Å². The molecule has 1 heterocycles. The fraction of sp³-hybridized carbons (Fsp3) is 0.350. The molecule has 0 bridgehead atoms. The Labute approximate surface area is 160 Å². The number of aliphatic hydroxyl groups excluding tert-OH is 1. The summed E-state index contributed by atoms with van der Waals surface area (Å²) in [6.45, 7) is 1.62. The van der Waals surface area contributed by atoms with E-state index >= 15 is 0 Å². The Bertz CT molecular complexity index is 679. The van der Waals surface area contributed by atoms with E-state index in [0.717, 1.165) is 23.3 Å². The van der Waals surface area contributed by atoms with E-state index in [0.29, 0.717) is 26.1 Å². The third kappa shape index (κ3) is 6.02.